The van der Waals surface area contributed by atoms with Gasteiger partial charge in [0.1, 0.15) is 11.5 Å². The molecule has 0 saturated carbocycles. The molecule has 0 bridgehead atoms. The van der Waals surface area contributed by atoms with Gasteiger partial charge in [0.2, 0.25) is 5.91 Å². The summed E-state index contributed by atoms with van der Waals surface area (Å²) in [4.78, 5) is 36.0. The minimum atomic E-state index is -0.575. The molecule has 0 heterocycles. The van der Waals surface area contributed by atoms with Crippen LogP contribution in [0.15, 0.2) is 65.1 Å². The first-order valence-electron chi connectivity index (χ1n) is 10.6. The van der Waals surface area contributed by atoms with Crippen LogP contribution in [0.3, 0.4) is 0 Å². The molecule has 0 aliphatic heterocycles. The summed E-state index contributed by atoms with van der Waals surface area (Å²) in [5.41, 5.74) is 1.05. The smallest absolute Gasteiger partial charge is 0.306 e. The molecule has 0 radical (unpaired) electrons. The number of anilines is 2. The predicted octanol–water partition coefficient (Wildman–Crippen LogP) is 7.49. The summed E-state index contributed by atoms with van der Waals surface area (Å²) in [6.45, 7) is -0.436. The fraction of sp³-hybridized carbons (Fsp3) is 0.160. The van der Waals surface area contributed by atoms with E-state index in [0.717, 1.165) is 0 Å². The first kappa shape index (κ1) is 27.8. The zero-order chi connectivity index (χ0) is 26.1. The van der Waals surface area contributed by atoms with Crippen molar-refractivity contribution in [3.05, 3.63) is 80.2 Å². The predicted molar refractivity (Wildman–Crippen MR) is 144 cm³/mol. The lowest BCUT2D eigenvalue weighted by molar-refractivity contribution is -0.147. The average molecular weight is 615 g/mol. The van der Waals surface area contributed by atoms with Gasteiger partial charge >= 0.3 is 5.97 Å². The summed E-state index contributed by atoms with van der Waals surface area (Å²) >= 11 is 21.2. The molecule has 11 heteroatoms. The zero-order valence-electron chi connectivity index (χ0n) is 18.7. The second-order valence-corrected chi connectivity index (χ2v) is 9.55. The molecule has 3 aromatic carbocycles. The van der Waals surface area contributed by atoms with Crippen LogP contribution in [0.2, 0.25) is 15.1 Å². The third kappa shape index (κ3) is 9.02. The summed E-state index contributed by atoms with van der Waals surface area (Å²) in [6, 6.07) is 16.6. The molecule has 0 unspecified atom stereocenters. The van der Waals surface area contributed by atoms with Crippen molar-refractivity contribution in [2.45, 2.75) is 19.3 Å². The van der Waals surface area contributed by atoms with Crippen molar-refractivity contribution in [3.63, 3.8) is 0 Å². The minimum Gasteiger partial charge on any atom is -0.456 e. The van der Waals surface area contributed by atoms with Crippen molar-refractivity contribution >= 4 is 79.9 Å². The topological polar surface area (TPSA) is 93.7 Å². The molecule has 0 fully saturated rings. The first-order chi connectivity index (χ1) is 17.2. The molecular weight excluding hydrogens is 595 g/mol. The maximum Gasteiger partial charge on any atom is 0.306 e. The number of nitrogens with one attached hydrogen (secondary N) is 2. The minimum absolute atomic E-state index is 0.000554. The van der Waals surface area contributed by atoms with Gasteiger partial charge in [0.25, 0.3) is 5.91 Å². The fourth-order valence-corrected chi connectivity index (χ4v) is 3.77. The Morgan fingerprint density at radius 1 is 0.778 bits per heavy atom. The van der Waals surface area contributed by atoms with Gasteiger partial charge < -0.3 is 20.1 Å². The summed E-state index contributed by atoms with van der Waals surface area (Å²) in [5, 5.41) is 6.66. The SMILES string of the molecule is O=C(CCCC(=O)OCC(=O)Nc1ccc(Br)c(Cl)c1)Nc1ccc(Oc2ccc(Cl)cc2Cl)cc1. The molecular formula is C25H20BrCl3N2O5. The maximum absolute atomic E-state index is 12.2. The Labute approximate surface area is 231 Å². The molecule has 2 amide bonds. The van der Waals surface area contributed by atoms with Gasteiger partial charge in [-0.05, 0) is 83.0 Å². The Hall–Kier alpha value is -2.78. The fourth-order valence-electron chi connectivity index (χ4n) is 2.90. The van der Waals surface area contributed by atoms with Crippen LogP contribution in [0, 0.1) is 0 Å². The Bertz CT molecular complexity index is 1250. The Morgan fingerprint density at radius 2 is 1.47 bits per heavy atom. The lowest BCUT2D eigenvalue weighted by Gasteiger charge is -2.10. The van der Waals surface area contributed by atoms with Crippen molar-refractivity contribution in [3.8, 4) is 11.5 Å². The summed E-state index contributed by atoms with van der Waals surface area (Å²) < 4.78 is 11.4. The number of ether oxygens (including phenoxy) is 2. The van der Waals surface area contributed by atoms with E-state index >= 15 is 0 Å². The van der Waals surface area contributed by atoms with E-state index < -0.39 is 18.5 Å². The van der Waals surface area contributed by atoms with Gasteiger partial charge in [-0.1, -0.05) is 34.8 Å². The third-order valence-corrected chi connectivity index (χ3v) is 6.38. The highest BCUT2D eigenvalue weighted by atomic mass is 79.9. The van der Waals surface area contributed by atoms with Crippen LogP contribution in [-0.2, 0) is 19.1 Å². The van der Waals surface area contributed by atoms with Crippen LogP contribution in [0.1, 0.15) is 19.3 Å². The second kappa shape index (κ2) is 13.5. The highest BCUT2D eigenvalue weighted by molar-refractivity contribution is 9.10. The van der Waals surface area contributed by atoms with E-state index in [4.69, 9.17) is 44.3 Å². The zero-order valence-corrected chi connectivity index (χ0v) is 22.5. The highest BCUT2D eigenvalue weighted by Gasteiger charge is 2.11. The van der Waals surface area contributed by atoms with Gasteiger partial charge in [-0.2, -0.15) is 0 Å². The molecule has 188 valence electrons. The quantitative estimate of drug-likeness (QED) is 0.231. The van der Waals surface area contributed by atoms with Gasteiger partial charge in [-0.25, -0.2) is 0 Å². The number of esters is 1. The van der Waals surface area contributed by atoms with E-state index in [1.807, 2.05) is 0 Å². The molecule has 2 N–H and O–H groups in total. The van der Waals surface area contributed by atoms with Crippen molar-refractivity contribution in [2.24, 2.45) is 0 Å². The molecule has 0 aromatic heterocycles. The monoisotopic (exact) mass is 612 g/mol. The van der Waals surface area contributed by atoms with Gasteiger partial charge in [0, 0.05) is 33.7 Å². The number of benzene rings is 3. The van der Waals surface area contributed by atoms with E-state index in [-0.39, 0.29) is 25.2 Å². The van der Waals surface area contributed by atoms with Crippen molar-refractivity contribution in [2.75, 3.05) is 17.2 Å². The number of carbonyl (C=O) groups is 3. The lowest BCUT2D eigenvalue weighted by Crippen LogP contribution is -2.21. The number of hydrogen-bond acceptors (Lipinski definition) is 5. The van der Waals surface area contributed by atoms with Crippen LogP contribution in [0.4, 0.5) is 11.4 Å². The van der Waals surface area contributed by atoms with E-state index in [1.54, 1.807) is 60.7 Å². The molecule has 0 atom stereocenters. The van der Waals surface area contributed by atoms with E-state index in [0.29, 0.717) is 42.4 Å². The van der Waals surface area contributed by atoms with Crippen LogP contribution < -0.4 is 15.4 Å². The van der Waals surface area contributed by atoms with E-state index in [1.165, 1.54) is 0 Å². The molecule has 0 aliphatic carbocycles. The molecule has 3 aromatic rings. The van der Waals surface area contributed by atoms with Gasteiger partial charge in [-0.3, -0.25) is 14.4 Å². The van der Waals surface area contributed by atoms with Gasteiger partial charge in [0.05, 0.1) is 10.0 Å². The molecule has 7 nitrogen and oxygen atoms in total. The lowest BCUT2D eigenvalue weighted by atomic mass is 10.2. The number of hydrogen-bond donors (Lipinski definition) is 2. The van der Waals surface area contributed by atoms with Crippen molar-refractivity contribution < 1.29 is 23.9 Å². The summed E-state index contributed by atoms with van der Waals surface area (Å²) in [7, 11) is 0. The number of halogens is 4. The largest absolute Gasteiger partial charge is 0.456 e. The number of rotatable bonds is 10. The third-order valence-electron chi connectivity index (χ3n) is 4.61. The molecule has 0 spiro atoms. The Kier molecular flexibility index (Phi) is 10.4. The number of carbonyl (C=O) groups excluding carboxylic acids is 3. The van der Waals surface area contributed by atoms with Crippen LogP contribution in [-0.4, -0.2) is 24.4 Å². The van der Waals surface area contributed by atoms with Crippen molar-refractivity contribution in [1.82, 2.24) is 0 Å². The van der Waals surface area contributed by atoms with E-state index in [2.05, 4.69) is 26.6 Å². The van der Waals surface area contributed by atoms with Crippen LogP contribution >= 0.6 is 50.7 Å². The highest BCUT2D eigenvalue weighted by Crippen LogP contribution is 2.32. The average Bonchev–Trinajstić information content (AvgIpc) is 2.83. The second-order valence-electron chi connectivity index (χ2n) is 7.44. The number of amides is 2. The maximum atomic E-state index is 12.2. The Balaban J connectivity index is 1.34. The molecule has 0 aliphatic rings. The van der Waals surface area contributed by atoms with E-state index in [9.17, 15) is 14.4 Å². The normalized spacial score (nSPS) is 10.4. The molecule has 0 saturated heterocycles. The first-order valence-corrected chi connectivity index (χ1v) is 12.6. The standard InChI is InChI=1S/C25H20BrCl3N2O5/c26-19-10-7-17(13-20(19)28)31-24(33)14-35-25(34)3-1-2-23(32)30-16-5-8-18(9-6-16)36-22-11-4-15(27)12-21(22)29/h4-13H,1-3,14H2,(H,30,32)(H,31,33). The Morgan fingerprint density at radius 3 is 2.17 bits per heavy atom. The van der Waals surface area contributed by atoms with Crippen LogP contribution in [0.25, 0.3) is 0 Å². The van der Waals surface area contributed by atoms with Gasteiger partial charge in [-0.15, -0.1) is 0 Å². The molecule has 3 rings (SSSR count). The summed E-state index contributed by atoms with van der Waals surface area (Å²) in [6.07, 6.45) is 0.377. The van der Waals surface area contributed by atoms with Crippen LogP contribution in [0.5, 0.6) is 11.5 Å². The van der Waals surface area contributed by atoms with Crippen molar-refractivity contribution in [1.29, 1.82) is 0 Å². The summed E-state index contributed by atoms with van der Waals surface area (Å²) in [5.74, 6) is -0.339. The van der Waals surface area contributed by atoms with Gasteiger partial charge in [0.15, 0.2) is 6.61 Å². The molecule has 36 heavy (non-hydrogen) atoms.